The van der Waals surface area contributed by atoms with Gasteiger partial charge in [0.15, 0.2) is 0 Å². The van der Waals surface area contributed by atoms with Crippen LogP contribution >= 0.6 is 0 Å². The molecule has 0 amide bonds. The third kappa shape index (κ3) is 5.89. The maximum atomic E-state index is 4.36. The molecule has 16 heavy (non-hydrogen) atoms. The van der Waals surface area contributed by atoms with Gasteiger partial charge >= 0.3 is 0 Å². The highest BCUT2D eigenvalue weighted by Crippen LogP contribution is 2.19. The van der Waals surface area contributed by atoms with E-state index in [1.807, 2.05) is 47.7 Å². The Kier molecular flexibility index (Phi) is 13.4. The SMILES string of the molecule is CC.CC.CC.Cc1cnc2c(c1)CCC2. The number of aromatic nitrogens is 1. The molecular formula is C15H29N. The van der Waals surface area contributed by atoms with Gasteiger partial charge in [-0.05, 0) is 37.3 Å². The Hall–Kier alpha value is -0.850. The quantitative estimate of drug-likeness (QED) is 0.606. The van der Waals surface area contributed by atoms with Gasteiger partial charge in [0.2, 0.25) is 0 Å². The molecule has 1 aliphatic carbocycles. The summed E-state index contributed by atoms with van der Waals surface area (Å²) in [6.45, 7) is 14.1. The van der Waals surface area contributed by atoms with Crippen molar-refractivity contribution in [3.8, 4) is 0 Å². The first kappa shape index (κ1) is 17.5. The lowest BCUT2D eigenvalue weighted by Crippen LogP contribution is -1.87. The number of fused-ring (bicyclic) bond motifs is 1. The Labute approximate surface area is 102 Å². The molecule has 0 unspecified atom stereocenters. The largest absolute Gasteiger partial charge is 0.261 e. The standard InChI is InChI=1S/C9H11N.3C2H6/c1-7-5-8-3-2-4-9(8)10-6-7;3*1-2/h5-6H,2-4H2,1H3;3*1-2H3. The van der Waals surface area contributed by atoms with Crippen LogP contribution in [0.1, 0.15) is 64.8 Å². The zero-order valence-electron chi connectivity index (χ0n) is 12.2. The molecule has 0 fully saturated rings. The summed E-state index contributed by atoms with van der Waals surface area (Å²) in [7, 11) is 0. The molecule has 0 N–H and O–H groups in total. The van der Waals surface area contributed by atoms with Gasteiger partial charge in [-0.15, -0.1) is 0 Å². The van der Waals surface area contributed by atoms with Gasteiger partial charge < -0.3 is 0 Å². The number of hydrogen-bond acceptors (Lipinski definition) is 1. The molecule has 0 saturated heterocycles. The minimum Gasteiger partial charge on any atom is -0.261 e. The molecule has 2 rings (SSSR count). The Morgan fingerprint density at radius 3 is 2.06 bits per heavy atom. The molecule has 0 bridgehead atoms. The van der Waals surface area contributed by atoms with Gasteiger partial charge in [0, 0.05) is 11.9 Å². The van der Waals surface area contributed by atoms with Gasteiger partial charge in [0.1, 0.15) is 0 Å². The van der Waals surface area contributed by atoms with Gasteiger partial charge in [0.25, 0.3) is 0 Å². The van der Waals surface area contributed by atoms with E-state index in [1.165, 1.54) is 36.1 Å². The molecular weight excluding hydrogens is 194 g/mol. The zero-order valence-corrected chi connectivity index (χ0v) is 12.2. The Morgan fingerprint density at radius 1 is 0.938 bits per heavy atom. The number of pyridine rings is 1. The number of rotatable bonds is 0. The predicted molar refractivity (Wildman–Crippen MR) is 75.0 cm³/mol. The fourth-order valence-corrected chi connectivity index (χ4v) is 1.55. The van der Waals surface area contributed by atoms with Crippen LogP contribution in [-0.4, -0.2) is 4.98 Å². The maximum absolute atomic E-state index is 4.36. The second-order valence-corrected chi connectivity index (χ2v) is 2.97. The van der Waals surface area contributed by atoms with E-state index in [0.29, 0.717) is 0 Å². The minimum atomic E-state index is 1.19. The number of aryl methyl sites for hydroxylation is 3. The topological polar surface area (TPSA) is 12.9 Å². The monoisotopic (exact) mass is 223 g/mol. The molecule has 0 aliphatic heterocycles. The first-order valence-corrected chi connectivity index (χ1v) is 6.80. The third-order valence-electron chi connectivity index (χ3n) is 2.06. The van der Waals surface area contributed by atoms with Crippen molar-refractivity contribution in [3.63, 3.8) is 0 Å². The highest BCUT2D eigenvalue weighted by Gasteiger charge is 2.10. The molecule has 0 atom stereocenters. The van der Waals surface area contributed by atoms with E-state index in [9.17, 15) is 0 Å². The Bertz CT molecular complexity index is 254. The molecule has 1 heterocycles. The summed E-state index contributed by atoms with van der Waals surface area (Å²) in [5.41, 5.74) is 4.09. The number of nitrogens with zero attached hydrogens (tertiary/aromatic N) is 1. The summed E-state index contributed by atoms with van der Waals surface area (Å²) in [6, 6.07) is 2.26. The van der Waals surface area contributed by atoms with E-state index in [2.05, 4.69) is 18.0 Å². The molecule has 0 saturated carbocycles. The average molecular weight is 223 g/mol. The normalized spacial score (nSPS) is 10.7. The van der Waals surface area contributed by atoms with Crippen molar-refractivity contribution in [2.75, 3.05) is 0 Å². The van der Waals surface area contributed by atoms with Crippen LogP contribution in [-0.2, 0) is 12.8 Å². The predicted octanol–water partition coefficient (Wildman–Crippen LogP) is 4.96. The van der Waals surface area contributed by atoms with Gasteiger partial charge in [-0.1, -0.05) is 47.6 Å². The minimum absolute atomic E-state index is 1.19. The molecule has 1 nitrogen and oxygen atoms in total. The second-order valence-electron chi connectivity index (χ2n) is 2.97. The van der Waals surface area contributed by atoms with Crippen LogP contribution in [0.15, 0.2) is 12.3 Å². The zero-order chi connectivity index (χ0) is 13.0. The van der Waals surface area contributed by atoms with Crippen molar-refractivity contribution in [2.45, 2.75) is 67.7 Å². The molecule has 1 aromatic heterocycles. The third-order valence-corrected chi connectivity index (χ3v) is 2.06. The van der Waals surface area contributed by atoms with E-state index in [-0.39, 0.29) is 0 Å². The van der Waals surface area contributed by atoms with E-state index in [1.54, 1.807) is 0 Å². The van der Waals surface area contributed by atoms with E-state index in [0.717, 1.165) is 0 Å². The molecule has 94 valence electrons. The van der Waals surface area contributed by atoms with Gasteiger partial charge in [-0.2, -0.15) is 0 Å². The highest BCUT2D eigenvalue weighted by molar-refractivity contribution is 5.28. The van der Waals surface area contributed by atoms with Gasteiger partial charge in [-0.25, -0.2) is 0 Å². The number of hydrogen-bond donors (Lipinski definition) is 0. The van der Waals surface area contributed by atoms with E-state index in [4.69, 9.17) is 0 Å². The Morgan fingerprint density at radius 2 is 1.50 bits per heavy atom. The average Bonchev–Trinajstić information content (AvgIpc) is 2.84. The van der Waals surface area contributed by atoms with Gasteiger partial charge in [0.05, 0.1) is 0 Å². The van der Waals surface area contributed by atoms with Crippen LogP contribution in [0, 0.1) is 6.92 Å². The van der Waals surface area contributed by atoms with Gasteiger partial charge in [-0.3, -0.25) is 4.98 Å². The Balaban J connectivity index is 0. The van der Waals surface area contributed by atoms with Crippen molar-refractivity contribution in [1.29, 1.82) is 0 Å². The molecule has 1 heteroatoms. The van der Waals surface area contributed by atoms with Crippen LogP contribution in [0.4, 0.5) is 0 Å². The summed E-state index contributed by atoms with van der Waals surface area (Å²) in [6.07, 6.45) is 5.69. The summed E-state index contributed by atoms with van der Waals surface area (Å²) >= 11 is 0. The van der Waals surface area contributed by atoms with Crippen LogP contribution in [0.2, 0.25) is 0 Å². The lowest BCUT2D eigenvalue weighted by molar-refractivity contribution is 0.899. The van der Waals surface area contributed by atoms with Crippen LogP contribution < -0.4 is 0 Å². The van der Waals surface area contributed by atoms with Crippen LogP contribution in [0.3, 0.4) is 0 Å². The first-order valence-electron chi connectivity index (χ1n) is 6.80. The van der Waals surface area contributed by atoms with Crippen molar-refractivity contribution in [3.05, 3.63) is 29.1 Å². The van der Waals surface area contributed by atoms with Crippen molar-refractivity contribution < 1.29 is 0 Å². The summed E-state index contributed by atoms with van der Waals surface area (Å²) in [4.78, 5) is 4.36. The van der Waals surface area contributed by atoms with E-state index >= 15 is 0 Å². The second kappa shape index (κ2) is 12.2. The lowest BCUT2D eigenvalue weighted by Gasteiger charge is -1.97. The molecule has 1 aliphatic rings. The molecule has 0 radical (unpaired) electrons. The fourth-order valence-electron chi connectivity index (χ4n) is 1.55. The molecule has 0 aromatic carbocycles. The molecule has 1 aromatic rings. The van der Waals surface area contributed by atoms with E-state index < -0.39 is 0 Å². The summed E-state index contributed by atoms with van der Waals surface area (Å²) in [5.74, 6) is 0. The van der Waals surface area contributed by atoms with Crippen LogP contribution in [0.5, 0.6) is 0 Å². The molecule has 0 spiro atoms. The summed E-state index contributed by atoms with van der Waals surface area (Å²) < 4.78 is 0. The summed E-state index contributed by atoms with van der Waals surface area (Å²) in [5, 5.41) is 0. The van der Waals surface area contributed by atoms with Crippen molar-refractivity contribution >= 4 is 0 Å². The van der Waals surface area contributed by atoms with Crippen LogP contribution in [0.25, 0.3) is 0 Å². The smallest absolute Gasteiger partial charge is 0.0435 e. The fraction of sp³-hybridized carbons (Fsp3) is 0.667. The van der Waals surface area contributed by atoms with Crippen molar-refractivity contribution in [1.82, 2.24) is 4.98 Å². The highest BCUT2D eigenvalue weighted by atomic mass is 14.7. The lowest BCUT2D eigenvalue weighted by atomic mass is 10.2. The first-order chi connectivity index (χ1) is 7.86. The van der Waals surface area contributed by atoms with Crippen molar-refractivity contribution in [2.24, 2.45) is 0 Å². The maximum Gasteiger partial charge on any atom is 0.0435 e.